The minimum absolute atomic E-state index is 0.103. The van der Waals surface area contributed by atoms with Crippen LogP contribution in [0.3, 0.4) is 0 Å². The second-order valence-electron chi connectivity index (χ2n) is 5.96. The van der Waals surface area contributed by atoms with Gasteiger partial charge in [-0.2, -0.15) is 0 Å². The van der Waals surface area contributed by atoms with Gasteiger partial charge < -0.3 is 21.3 Å². The molecule has 3 rings (SSSR count). The summed E-state index contributed by atoms with van der Waals surface area (Å²) in [6, 6.07) is 9.52. The third kappa shape index (κ3) is 6.09. The van der Waals surface area contributed by atoms with E-state index in [0.717, 1.165) is 12.1 Å². The molecule has 150 valence electrons. The number of hydrogen-bond donors (Lipinski definition) is 4. The number of halogens is 2. The first-order chi connectivity index (χ1) is 14.0. The zero-order valence-electron chi connectivity index (χ0n) is 15.5. The number of aromatic nitrogens is 3. The average molecular weight is 399 g/mol. The molecule has 0 unspecified atom stereocenters. The van der Waals surface area contributed by atoms with E-state index in [-0.39, 0.29) is 12.2 Å². The van der Waals surface area contributed by atoms with Crippen LogP contribution in [0.5, 0.6) is 0 Å². The number of nitrogens with zero attached hydrogens (tertiary/aromatic N) is 3. The number of amides is 2. The zero-order chi connectivity index (χ0) is 20.6. The molecule has 8 nitrogen and oxygen atoms in total. The van der Waals surface area contributed by atoms with Crippen molar-refractivity contribution in [2.24, 2.45) is 0 Å². The number of benzene rings is 1. The zero-order valence-corrected chi connectivity index (χ0v) is 15.5. The van der Waals surface area contributed by atoms with Crippen molar-refractivity contribution >= 4 is 29.2 Å². The van der Waals surface area contributed by atoms with Gasteiger partial charge >= 0.3 is 6.03 Å². The van der Waals surface area contributed by atoms with E-state index in [1.165, 1.54) is 0 Å². The lowest BCUT2D eigenvalue weighted by molar-refractivity contribution is 0.252. The van der Waals surface area contributed by atoms with Gasteiger partial charge in [-0.1, -0.05) is 6.07 Å². The van der Waals surface area contributed by atoms with Gasteiger partial charge in [-0.15, -0.1) is 0 Å². The molecule has 0 radical (unpaired) electrons. The summed E-state index contributed by atoms with van der Waals surface area (Å²) in [6.45, 7) is 2.39. The highest BCUT2D eigenvalue weighted by molar-refractivity contribution is 5.89. The molecule has 2 amide bonds. The van der Waals surface area contributed by atoms with Crippen molar-refractivity contribution < 1.29 is 13.6 Å². The van der Waals surface area contributed by atoms with Crippen molar-refractivity contribution in [1.29, 1.82) is 0 Å². The van der Waals surface area contributed by atoms with Gasteiger partial charge in [0.05, 0.1) is 5.69 Å². The Bertz CT molecular complexity index is 986. The summed E-state index contributed by atoms with van der Waals surface area (Å²) in [5.74, 6) is 0.810. The van der Waals surface area contributed by atoms with Crippen molar-refractivity contribution in [1.82, 2.24) is 20.3 Å². The summed E-state index contributed by atoms with van der Waals surface area (Å²) in [5, 5.41) is 11.0. The molecule has 0 spiro atoms. The van der Waals surface area contributed by atoms with Crippen LogP contribution in [-0.2, 0) is 0 Å². The van der Waals surface area contributed by atoms with Crippen LogP contribution in [-0.4, -0.2) is 34.1 Å². The molecule has 0 aliphatic heterocycles. The molecule has 0 bridgehead atoms. The molecule has 10 heteroatoms. The molecule has 0 fully saturated rings. The standard InChI is InChI=1S/C19H19F2N7O/c1-12-25-17(11-18(26-12)28-16-4-2-3-7-22-16)23-8-9-24-19(29)27-15-6-5-13(20)10-14(15)21/h2-7,10-11H,8-9H2,1H3,(H2,24,27,29)(H2,22,23,25,26,28). The Hall–Kier alpha value is -3.82. The monoisotopic (exact) mass is 399 g/mol. The van der Waals surface area contributed by atoms with Gasteiger partial charge in [0.25, 0.3) is 0 Å². The maximum atomic E-state index is 13.5. The van der Waals surface area contributed by atoms with Crippen LogP contribution in [0.4, 0.5) is 36.7 Å². The number of urea groups is 1. The topological polar surface area (TPSA) is 104 Å². The van der Waals surface area contributed by atoms with Crippen LogP contribution in [0.2, 0.25) is 0 Å². The molecule has 0 aliphatic rings. The molecule has 2 aromatic heterocycles. The van der Waals surface area contributed by atoms with Gasteiger partial charge in [0.1, 0.15) is 34.9 Å². The highest BCUT2D eigenvalue weighted by Crippen LogP contribution is 2.16. The van der Waals surface area contributed by atoms with Gasteiger partial charge in [0, 0.05) is 31.4 Å². The lowest BCUT2D eigenvalue weighted by Crippen LogP contribution is -2.33. The fourth-order valence-electron chi connectivity index (χ4n) is 2.41. The fraction of sp³-hybridized carbons (Fsp3) is 0.158. The van der Waals surface area contributed by atoms with Crippen LogP contribution >= 0.6 is 0 Å². The Balaban J connectivity index is 1.48. The quantitative estimate of drug-likeness (QED) is 0.454. The summed E-state index contributed by atoms with van der Waals surface area (Å²) in [6.07, 6.45) is 1.67. The SMILES string of the molecule is Cc1nc(NCCNC(=O)Nc2ccc(F)cc2F)cc(Nc2ccccn2)n1. The van der Waals surface area contributed by atoms with Gasteiger partial charge in [-0.25, -0.2) is 28.5 Å². The Labute approximate surface area is 165 Å². The van der Waals surface area contributed by atoms with Gasteiger partial charge in [-0.3, -0.25) is 0 Å². The van der Waals surface area contributed by atoms with Crippen molar-refractivity contribution in [3.05, 3.63) is 66.1 Å². The van der Waals surface area contributed by atoms with Crippen LogP contribution in [0.15, 0.2) is 48.7 Å². The summed E-state index contributed by atoms with van der Waals surface area (Å²) < 4.78 is 26.4. The average Bonchev–Trinajstić information content (AvgIpc) is 2.68. The lowest BCUT2D eigenvalue weighted by atomic mass is 10.3. The highest BCUT2D eigenvalue weighted by Gasteiger charge is 2.08. The van der Waals surface area contributed by atoms with Gasteiger partial charge in [0.15, 0.2) is 0 Å². The Morgan fingerprint density at radius 3 is 2.59 bits per heavy atom. The number of rotatable bonds is 7. The first-order valence-corrected chi connectivity index (χ1v) is 8.77. The van der Waals surface area contributed by atoms with Gasteiger partial charge in [-0.05, 0) is 31.2 Å². The minimum Gasteiger partial charge on any atom is -0.368 e. The third-order valence-electron chi connectivity index (χ3n) is 3.65. The van der Waals surface area contributed by atoms with E-state index in [1.807, 2.05) is 18.2 Å². The van der Waals surface area contributed by atoms with E-state index in [9.17, 15) is 13.6 Å². The number of pyridine rings is 1. The molecule has 0 saturated heterocycles. The van der Waals surface area contributed by atoms with E-state index in [0.29, 0.717) is 35.9 Å². The Morgan fingerprint density at radius 2 is 1.83 bits per heavy atom. The third-order valence-corrected chi connectivity index (χ3v) is 3.65. The molecule has 29 heavy (non-hydrogen) atoms. The summed E-state index contributed by atoms with van der Waals surface area (Å²) >= 11 is 0. The molecule has 3 aromatic rings. The minimum atomic E-state index is -0.845. The second-order valence-corrected chi connectivity index (χ2v) is 5.96. The Morgan fingerprint density at radius 1 is 1.00 bits per heavy atom. The molecular formula is C19H19F2N7O. The highest BCUT2D eigenvalue weighted by atomic mass is 19.1. The first-order valence-electron chi connectivity index (χ1n) is 8.77. The van der Waals surface area contributed by atoms with Crippen molar-refractivity contribution in [3.63, 3.8) is 0 Å². The number of hydrogen-bond acceptors (Lipinski definition) is 6. The summed E-state index contributed by atoms with van der Waals surface area (Å²) in [7, 11) is 0. The van der Waals surface area contributed by atoms with Crippen molar-refractivity contribution in [2.45, 2.75) is 6.92 Å². The van der Waals surface area contributed by atoms with Crippen LogP contribution in [0.25, 0.3) is 0 Å². The van der Waals surface area contributed by atoms with Gasteiger partial charge in [0.2, 0.25) is 0 Å². The van der Waals surface area contributed by atoms with Crippen LogP contribution in [0, 0.1) is 18.6 Å². The predicted molar refractivity (Wildman–Crippen MR) is 106 cm³/mol. The molecule has 2 heterocycles. The van der Waals surface area contributed by atoms with Crippen LogP contribution < -0.4 is 21.3 Å². The molecule has 0 atom stereocenters. The van der Waals surface area contributed by atoms with E-state index in [2.05, 4.69) is 36.2 Å². The first kappa shape index (κ1) is 19.9. The van der Waals surface area contributed by atoms with Crippen molar-refractivity contribution in [2.75, 3.05) is 29.0 Å². The lowest BCUT2D eigenvalue weighted by Gasteiger charge is -2.11. The van der Waals surface area contributed by atoms with E-state index in [1.54, 1.807) is 19.2 Å². The summed E-state index contributed by atoms with van der Waals surface area (Å²) in [4.78, 5) is 24.6. The smallest absolute Gasteiger partial charge is 0.319 e. The number of nitrogens with one attached hydrogen (secondary N) is 4. The maximum absolute atomic E-state index is 13.5. The van der Waals surface area contributed by atoms with E-state index < -0.39 is 17.7 Å². The predicted octanol–water partition coefficient (Wildman–Crippen LogP) is 3.44. The molecule has 0 saturated carbocycles. The molecule has 1 aromatic carbocycles. The fourth-order valence-corrected chi connectivity index (χ4v) is 2.41. The van der Waals surface area contributed by atoms with E-state index in [4.69, 9.17) is 0 Å². The second kappa shape index (κ2) is 9.40. The molecule has 4 N–H and O–H groups in total. The number of carbonyl (C=O) groups excluding carboxylic acids is 1. The number of aryl methyl sites for hydroxylation is 1. The molecular weight excluding hydrogens is 380 g/mol. The maximum Gasteiger partial charge on any atom is 0.319 e. The van der Waals surface area contributed by atoms with Crippen molar-refractivity contribution in [3.8, 4) is 0 Å². The van der Waals surface area contributed by atoms with Crippen LogP contribution in [0.1, 0.15) is 5.82 Å². The Kier molecular flexibility index (Phi) is 6.46. The largest absolute Gasteiger partial charge is 0.368 e. The van der Waals surface area contributed by atoms with E-state index >= 15 is 0 Å². The number of carbonyl (C=O) groups is 1. The molecule has 0 aliphatic carbocycles. The summed E-state index contributed by atoms with van der Waals surface area (Å²) in [5.41, 5.74) is -0.103. The number of anilines is 4. The normalized spacial score (nSPS) is 10.3.